The number of rotatable bonds is 4. The molecular weight excluding hydrogens is 296 g/mol. The molecule has 0 bridgehead atoms. The molecule has 0 saturated carbocycles. The molecule has 0 unspecified atom stereocenters. The number of carbonyl (C=O) groups is 2. The summed E-state index contributed by atoms with van der Waals surface area (Å²) in [6.07, 6.45) is 2.49. The van der Waals surface area contributed by atoms with Crippen molar-refractivity contribution in [2.24, 2.45) is 5.41 Å². The number of carbonyl (C=O) groups excluding carboxylic acids is 1. The highest BCUT2D eigenvalue weighted by molar-refractivity contribution is 5.92. The number of aromatic nitrogens is 1. The van der Waals surface area contributed by atoms with Crippen LogP contribution in [0.2, 0.25) is 0 Å². The van der Waals surface area contributed by atoms with Gasteiger partial charge in [0.2, 0.25) is 0 Å². The lowest BCUT2D eigenvalue weighted by molar-refractivity contribution is -0.154. The molecule has 0 aliphatic carbocycles. The first-order chi connectivity index (χ1) is 10.7. The number of nitrogens with one attached hydrogen (secondary N) is 1. The molecule has 23 heavy (non-hydrogen) atoms. The Morgan fingerprint density at radius 2 is 1.96 bits per heavy atom. The van der Waals surface area contributed by atoms with Gasteiger partial charge in [-0.05, 0) is 29.9 Å². The summed E-state index contributed by atoms with van der Waals surface area (Å²) in [6.45, 7) is 7.12. The second kappa shape index (κ2) is 6.66. The van der Waals surface area contributed by atoms with E-state index in [0.717, 1.165) is 5.56 Å². The molecule has 0 spiro atoms. The molecule has 1 aliphatic heterocycles. The van der Waals surface area contributed by atoms with Crippen LogP contribution < -0.4 is 5.32 Å². The predicted molar refractivity (Wildman–Crippen MR) is 85.4 cm³/mol. The Labute approximate surface area is 136 Å². The fraction of sp³-hybridized carbons (Fsp3) is 0.588. The van der Waals surface area contributed by atoms with Crippen molar-refractivity contribution < 1.29 is 19.4 Å². The maximum Gasteiger partial charge on any atom is 0.311 e. The Morgan fingerprint density at radius 1 is 1.30 bits per heavy atom. The quantitative estimate of drug-likeness (QED) is 0.885. The molecule has 0 aromatic carbocycles. The average Bonchev–Trinajstić information content (AvgIpc) is 2.52. The van der Waals surface area contributed by atoms with Crippen molar-refractivity contribution in [1.29, 1.82) is 0 Å². The number of carboxylic acid groups (broad SMARTS) is 1. The van der Waals surface area contributed by atoms with Crippen molar-refractivity contribution in [1.82, 2.24) is 10.3 Å². The molecule has 1 saturated heterocycles. The monoisotopic (exact) mass is 320 g/mol. The van der Waals surface area contributed by atoms with Crippen molar-refractivity contribution >= 4 is 11.9 Å². The number of pyridine rings is 1. The molecule has 0 radical (unpaired) electrons. The van der Waals surface area contributed by atoms with Crippen LogP contribution in [0, 0.1) is 5.41 Å². The van der Waals surface area contributed by atoms with Gasteiger partial charge in [0.25, 0.3) is 5.91 Å². The van der Waals surface area contributed by atoms with Crippen molar-refractivity contribution in [2.75, 3.05) is 19.8 Å². The Balaban J connectivity index is 2.02. The van der Waals surface area contributed by atoms with E-state index in [1.165, 1.54) is 0 Å². The van der Waals surface area contributed by atoms with Crippen LogP contribution in [0.1, 0.15) is 49.7 Å². The molecule has 2 heterocycles. The predicted octanol–water partition coefficient (Wildman–Crippen LogP) is 1.99. The zero-order chi connectivity index (χ0) is 17.1. The largest absolute Gasteiger partial charge is 0.481 e. The molecule has 1 aromatic rings. The van der Waals surface area contributed by atoms with Crippen molar-refractivity contribution in [2.45, 2.75) is 39.0 Å². The van der Waals surface area contributed by atoms with Crippen LogP contribution in [0.4, 0.5) is 0 Å². The van der Waals surface area contributed by atoms with E-state index in [1.54, 1.807) is 12.3 Å². The van der Waals surface area contributed by atoms with Crippen molar-refractivity contribution in [3.8, 4) is 0 Å². The molecule has 2 N–H and O–H groups in total. The van der Waals surface area contributed by atoms with Gasteiger partial charge in [-0.3, -0.25) is 14.6 Å². The standard InChI is InChI=1S/C17H24N2O4/c1-16(2,3)12-4-5-13(18-10-12)14(20)19-11-17(15(21)22)6-8-23-9-7-17/h4-5,10H,6-9,11H2,1-3H3,(H,19,20)(H,21,22). The third kappa shape index (κ3) is 4.07. The lowest BCUT2D eigenvalue weighted by atomic mass is 9.80. The minimum atomic E-state index is -0.945. The maximum atomic E-state index is 12.2. The van der Waals surface area contributed by atoms with Gasteiger partial charge in [-0.2, -0.15) is 0 Å². The molecular formula is C17H24N2O4. The highest BCUT2D eigenvalue weighted by Crippen LogP contribution is 2.30. The smallest absolute Gasteiger partial charge is 0.311 e. The number of amides is 1. The van der Waals surface area contributed by atoms with E-state index in [2.05, 4.69) is 31.1 Å². The molecule has 0 atom stereocenters. The molecule has 1 aliphatic rings. The van der Waals surface area contributed by atoms with Gasteiger partial charge in [0.05, 0.1) is 5.41 Å². The van der Waals surface area contributed by atoms with Crippen LogP contribution in [0.3, 0.4) is 0 Å². The van der Waals surface area contributed by atoms with E-state index in [1.807, 2.05) is 6.07 Å². The fourth-order valence-electron chi connectivity index (χ4n) is 2.54. The molecule has 126 valence electrons. The number of ether oxygens (including phenoxy) is 1. The highest BCUT2D eigenvalue weighted by Gasteiger charge is 2.40. The van der Waals surface area contributed by atoms with Gasteiger partial charge in [-0.1, -0.05) is 26.8 Å². The van der Waals surface area contributed by atoms with E-state index >= 15 is 0 Å². The Morgan fingerprint density at radius 3 is 2.43 bits per heavy atom. The van der Waals surface area contributed by atoms with Crippen LogP contribution >= 0.6 is 0 Å². The van der Waals surface area contributed by atoms with Gasteiger partial charge in [-0.15, -0.1) is 0 Å². The van der Waals surface area contributed by atoms with Gasteiger partial charge < -0.3 is 15.2 Å². The summed E-state index contributed by atoms with van der Waals surface area (Å²) in [5.74, 6) is -1.24. The second-order valence-electron chi connectivity index (χ2n) is 7.06. The second-order valence-corrected chi connectivity index (χ2v) is 7.06. The molecule has 6 nitrogen and oxygen atoms in total. The van der Waals surface area contributed by atoms with Crippen LogP contribution in [-0.2, 0) is 14.9 Å². The average molecular weight is 320 g/mol. The lowest BCUT2D eigenvalue weighted by Gasteiger charge is -2.33. The van der Waals surface area contributed by atoms with Crippen molar-refractivity contribution in [3.05, 3.63) is 29.6 Å². The Kier molecular flexibility index (Phi) is 5.04. The first-order valence-corrected chi connectivity index (χ1v) is 7.80. The van der Waals surface area contributed by atoms with Crippen molar-refractivity contribution in [3.63, 3.8) is 0 Å². The van der Waals surface area contributed by atoms with E-state index in [-0.39, 0.29) is 17.9 Å². The third-order valence-electron chi connectivity index (χ3n) is 4.35. The minimum absolute atomic E-state index is 0.0303. The van der Waals surface area contributed by atoms with Crippen LogP contribution in [0.25, 0.3) is 0 Å². The number of carboxylic acids is 1. The van der Waals surface area contributed by atoms with Crippen LogP contribution in [0.5, 0.6) is 0 Å². The van der Waals surface area contributed by atoms with E-state index in [0.29, 0.717) is 31.7 Å². The van der Waals surface area contributed by atoms with Crippen LogP contribution in [0.15, 0.2) is 18.3 Å². The highest BCUT2D eigenvalue weighted by atomic mass is 16.5. The topological polar surface area (TPSA) is 88.5 Å². The molecule has 1 fully saturated rings. The zero-order valence-electron chi connectivity index (χ0n) is 13.9. The summed E-state index contributed by atoms with van der Waals surface area (Å²) >= 11 is 0. The van der Waals surface area contributed by atoms with Gasteiger partial charge in [0.15, 0.2) is 0 Å². The summed E-state index contributed by atoms with van der Waals surface area (Å²) < 4.78 is 5.22. The third-order valence-corrected chi connectivity index (χ3v) is 4.35. The Hall–Kier alpha value is -1.95. The summed E-state index contributed by atoms with van der Waals surface area (Å²) in [6, 6.07) is 3.55. The summed E-state index contributed by atoms with van der Waals surface area (Å²) in [5, 5.41) is 12.2. The van der Waals surface area contributed by atoms with Crippen LogP contribution in [-0.4, -0.2) is 41.7 Å². The summed E-state index contributed by atoms with van der Waals surface area (Å²) in [5.41, 5.74) is 0.363. The van der Waals surface area contributed by atoms with E-state index in [9.17, 15) is 14.7 Å². The van der Waals surface area contributed by atoms with Gasteiger partial charge in [-0.25, -0.2) is 0 Å². The zero-order valence-corrected chi connectivity index (χ0v) is 13.9. The number of hydrogen-bond donors (Lipinski definition) is 2. The van der Waals surface area contributed by atoms with E-state index in [4.69, 9.17) is 4.74 Å². The number of nitrogens with zero attached hydrogens (tertiary/aromatic N) is 1. The van der Waals surface area contributed by atoms with Gasteiger partial charge in [0.1, 0.15) is 5.69 Å². The first kappa shape index (κ1) is 17.4. The van der Waals surface area contributed by atoms with E-state index < -0.39 is 11.4 Å². The summed E-state index contributed by atoms with van der Waals surface area (Å²) in [4.78, 5) is 28.0. The SMILES string of the molecule is CC(C)(C)c1ccc(C(=O)NCC2(C(=O)O)CCOCC2)nc1. The first-order valence-electron chi connectivity index (χ1n) is 7.80. The fourth-order valence-corrected chi connectivity index (χ4v) is 2.54. The Bertz CT molecular complexity index is 569. The molecule has 6 heteroatoms. The molecule has 2 rings (SSSR count). The summed E-state index contributed by atoms with van der Waals surface area (Å²) in [7, 11) is 0. The number of aliphatic carboxylic acids is 1. The minimum Gasteiger partial charge on any atom is -0.481 e. The van der Waals surface area contributed by atoms with Gasteiger partial charge in [0, 0.05) is 26.0 Å². The van der Waals surface area contributed by atoms with Gasteiger partial charge >= 0.3 is 5.97 Å². The normalized spacial score (nSPS) is 17.5. The number of hydrogen-bond acceptors (Lipinski definition) is 4. The lowest BCUT2D eigenvalue weighted by Crippen LogP contribution is -2.46. The molecule has 1 amide bonds. The maximum absolute atomic E-state index is 12.2. The molecule has 1 aromatic heterocycles.